The second-order valence-corrected chi connectivity index (χ2v) is 4.15. The Morgan fingerprint density at radius 2 is 1.78 bits per heavy atom. The molecule has 100 valence electrons. The van der Waals surface area contributed by atoms with Gasteiger partial charge >= 0.3 is 11.3 Å². The molecule has 1 heterocycles. The smallest absolute Gasteiger partial charge is 0.353 e. The predicted octanol–water partition coefficient (Wildman–Crippen LogP) is 1.52. The fourth-order valence-corrected chi connectivity index (χ4v) is 1.21. The van der Waals surface area contributed by atoms with Gasteiger partial charge in [-0.3, -0.25) is 9.05 Å². The van der Waals surface area contributed by atoms with E-state index in [-0.39, 0.29) is 6.61 Å². The number of allylic oxidation sites excluding steroid dienone is 3. The van der Waals surface area contributed by atoms with Gasteiger partial charge in [-0.1, -0.05) is 17.2 Å². The van der Waals surface area contributed by atoms with Gasteiger partial charge in [-0.25, -0.2) is 9.59 Å². The predicted molar refractivity (Wildman–Crippen MR) is 65.4 cm³/mol. The molecule has 1 rings (SSSR count). The van der Waals surface area contributed by atoms with Crippen LogP contribution in [-0.4, -0.2) is 11.7 Å². The van der Waals surface area contributed by atoms with Gasteiger partial charge in [-0.15, -0.1) is 0 Å². The Morgan fingerprint density at radius 1 is 1.17 bits per heavy atom. The van der Waals surface area contributed by atoms with Crippen LogP contribution in [0.5, 0.6) is 0 Å². The number of nitrogens with zero attached hydrogens (tertiary/aromatic N) is 1. The lowest BCUT2D eigenvalue weighted by Crippen LogP contribution is -2.14. The van der Waals surface area contributed by atoms with Gasteiger partial charge in [0.15, 0.2) is 0 Å². The second kappa shape index (κ2) is 6.68. The summed E-state index contributed by atoms with van der Waals surface area (Å²) in [6, 6.07) is 0. The molecular weight excluding hydrogens is 238 g/mol. The van der Waals surface area contributed by atoms with Crippen molar-refractivity contribution < 1.29 is 13.9 Å². The van der Waals surface area contributed by atoms with Crippen LogP contribution in [-0.2, 0) is 0 Å². The standard InChI is InChI=1S/C12H17NO5/c1-9(2)5-4-6-10(3)7-8-16-13-17-11(14)12(15)18-13/h5,7H,4,6,8H2,1-3H3. The molecule has 0 amide bonds. The van der Waals surface area contributed by atoms with E-state index in [1.54, 1.807) is 0 Å². The van der Waals surface area contributed by atoms with Crippen molar-refractivity contribution in [3.8, 4) is 0 Å². The van der Waals surface area contributed by atoms with Gasteiger partial charge < -0.3 is 4.84 Å². The molecule has 0 spiro atoms. The van der Waals surface area contributed by atoms with Crippen LogP contribution in [0.15, 0.2) is 41.9 Å². The summed E-state index contributed by atoms with van der Waals surface area (Å²) in [7, 11) is 0. The maximum absolute atomic E-state index is 10.6. The van der Waals surface area contributed by atoms with Gasteiger partial charge in [0.2, 0.25) is 0 Å². The van der Waals surface area contributed by atoms with E-state index in [0.717, 1.165) is 18.4 Å². The molecule has 18 heavy (non-hydrogen) atoms. The quantitative estimate of drug-likeness (QED) is 0.569. The molecule has 1 aromatic heterocycles. The molecule has 0 aliphatic rings. The number of aromatic nitrogens is 1. The molecule has 0 aliphatic carbocycles. The van der Waals surface area contributed by atoms with Gasteiger partial charge in [-0.2, -0.15) is 0 Å². The Labute approximate surface area is 104 Å². The first-order valence-corrected chi connectivity index (χ1v) is 5.65. The van der Waals surface area contributed by atoms with E-state index in [0.29, 0.717) is 5.08 Å². The molecule has 0 unspecified atom stereocenters. The van der Waals surface area contributed by atoms with Crippen LogP contribution >= 0.6 is 0 Å². The fourth-order valence-electron chi connectivity index (χ4n) is 1.21. The van der Waals surface area contributed by atoms with Crippen LogP contribution in [0.3, 0.4) is 0 Å². The van der Waals surface area contributed by atoms with Crippen molar-refractivity contribution in [1.29, 1.82) is 0 Å². The van der Waals surface area contributed by atoms with Crippen LogP contribution < -0.4 is 16.1 Å². The molecular formula is C12H17NO5. The molecule has 0 N–H and O–H groups in total. The first-order valence-electron chi connectivity index (χ1n) is 5.65. The maximum Gasteiger partial charge on any atom is 0.449 e. The van der Waals surface area contributed by atoms with Gasteiger partial charge in [0, 0.05) is 0 Å². The zero-order chi connectivity index (χ0) is 13.5. The minimum Gasteiger partial charge on any atom is -0.353 e. The lowest BCUT2D eigenvalue weighted by Gasteiger charge is -2.00. The fraction of sp³-hybridized carbons (Fsp3) is 0.500. The van der Waals surface area contributed by atoms with Crippen LogP contribution in [0, 0.1) is 0 Å². The third-order valence-electron chi connectivity index (χ3n) is 2.18. The van der Waals surface area contributed by atoms with Gasteiger partial charge in [0.25, 0.3) is 0 Å². The van der Waals surface area contributed by atoms with Gasteiger partial charge in [0.1, 0.15) is 11.7 Å². The van der Waals surface area contributed by atoms with Crippen molar-refractivity contribution in [3.63, 3.8) is 0 Å². The molecule has 0 fully saturated rings. The van der Waals surface area contributed by atoms with Crippen LogP contribution in [0.1, 0.15) is 33.6 Å². The van der Waals surface area contributed by atoms with E-state index in [1.165, 1.54) is 5.57 Å². The summed E-state index contributed by atoms with van der Waals surface area (Å²) in [5.74, 6) is 0. The Morgan fingerprint density at radius 3 is 2.33 bits per heavy atom. The zero-order valence-corrected chi connectivity index (χ0v) is 10.8. The Bertz CT molecular complexity index is 512. The molecule has 6 nitrogen and oxygen atoms in total. The average Bonchev–Trinajstić information content (AvgIpc) is 2.57. The maximum atomic E-state index is 10.6. The van der Waals surface area contributed by atoms with Crippen LogP contribution in [0.2, 0.25) is 0 Å². The Balaban J connectivity index is 2.37. The number of hydrogen-bond donors (Lipinski definition) is 0. The van der Waals surface area contributed by atoms with Crippen molar-refractivity contribution in [2.75, 3.05) is 6.61 Å². The summed E-state index contributed by atoms with van der Waals surface area (Å²) in [5, 5.41) is 0.421. The first kappa shape index (κ1) is 14.1. The normalized spacial score (nSPS) is 11.4. The largest absolute Gasteiger partial charge is 0.449 e. The topological polar surface area (TPSA) is 74.6 Å². The summed E-state index contributed by atoms with van der Waals surface area (Å²) in [4.78, 5) is 26.2. The molecule has 0 radical (unpaired) electrons. The molecule has 1 aromatic rings. The van der Waals surface area contributed by atoms with Crippen LogP contribution in [0.4, 0.5) is 0 Å². The zero-order valence-electron chi connectivity index (χ0n) is 10.8. The summed E-state index contributed by atoms with van der Waals surface area (Å²) in [6.07, 6.45) is 5.88. The molecule has 0 aromatic carbocycles. The second-order valence-electron chi connectivity index (χ2n) is 4.15. The lowest BCUT2D eigenvalue weighted by molar-refractivity contribution is -0.137. The van der Waals surface area contributed by atoms with Crippen LogP contribution in [0.25, 0.3) is 0 Å². The van der Waals surface area contributed by atoms with E-state index in [9.17, 15) is 9.59 Å². The van der Waals surface area contributed by atoms with E-state index in [1.807, 2.05) is 13.0 Å². The highest BCUT2D eigenvalue weighted by Crippen LogP contribution is 2.05. The Kier molecular flexibility index (Phi) is 5.23. The highest BCUT2D eigenvalue weighted by molar-refractivity contribution is 5.02. The van der Waals surface area contributed by atoms with E-state index in [4.69, 9.17) is 4.84 Å². The summed E-state index contributed by atoms with van der Waals surface area (Å²) in [6.45, 7) is 6.25. The molecule has 0 saturated heterocycles. The summed E-state index contributed by atoms with van der Waals surface area (Å²) < 4.78 is 8.66. The van der Waals surface area contributed by atoms with Crippen molar-refractivity contribution in [2.24, 2.45) is 0 Å². The van der Waals surface area contributed by atoms with Crippen molar-refractivity contribution in [2.45, 2.75) is 33.6 Å². The average molecular weight is 255 g/mol. The van der Waals surface area contributed by atoms with E-state index >= 15 is 0 Å². The van der Waals surface area contributed by atoms with Crippen molar-refractivity contribution in [3.05, 3.63) is 44.1 Å². The molecule has 0 aliphatic heterocycles. The summed E-state index contributed by atoms with van der Waals surface area (Å²) in [5.41, 5.74) is 0.262. The molecule has 6 heteroatoms. The first-order chi connectivity index (χ1) is 8.49. The van der Waals surface area contributed by atoms with Gasteiger partial charge in [0.05, 0.1) is 0 Å². The van der Waals surface area contributed by atoms with Crippen molar-refractivity contribution >= 4 is 0 Å². The molecule has 0 saturated carbocycles. The number of hydrogen-bond acceptors (Lipinski definition) is 5. The van der Waals surface area contributed by atoms with E-state index < -0.39 is 11.3 Å². The third-order valence-corrected chi connectivity index (χ3v) is 2.18. The third kappa shape index (κ3) is 4.90. The highest BCUT2D eigenvalue weighted by Gasteiger charge is 2.04. The SMILES string of the molecule is CC(C)=CCCC(C)=CCOn1oc(=O)c(=O)o1. The Hall–Kier alpha value is -1.98. The van der Waals surface area contributed by atoms with E-state index in [2.05, 4.69) is 29.0 Å². The minimum atomic E-state index is -1.08. The molecule has 0 atom stereocenters. The monoisotopic (exact) mass is 255 g/mol. The minimum absolute atomic E-state index is 0.168. The number of rotatable bonds is 6. The highest BCUT2D eigenvalue weighted by atomic mass is 17.0. The molecule has 0 bridgehead atoms. The summed E-state index contributed by atoms with van der Waals surface area (Å²) >= 11 is 0. The van der Waals surface area contributed by atoms with Gasteiger partial charge in [-0.05, 0) is 39.7 Å². The lowest BCUT2D eigenvalue weighted by atomic mass is 10.1. The van der Waals surface area contributed by atoms with Crippen molar-refractivity contribution in [1.82, 2.24) is 5.08 Å².